The Hall–Kier alpha value is -1.79. The van der Waals surface area contributed by atoms with E-state index in [1.54, 1.807) is 0 Å². The predicted octanol–water partition coefficient (Wildman–Crippen LogP) is -4.58. The Kier molecular flexibility index (Phi) is 6.20. The highest BCUT2D eigenvalue weighted by Crippen LogP contribution is 2.22. The molecule has 0 aromatic rings. The quantitative estimate of drug-likeness (QED) is 0.279. The lowest BCUT2D eigenvalue weighted by Crippen LogP contribution is -2.49. The van der Waals surface area contributed by atoms with E-state index < -0.39 is 67.4 Å². The van der Waals surface area contributed by atoms with Gasteiger partial charge in [0.25, 0.3) is 0 Å². The lowest BCUT2D eigenvalue weighted by atomic mass is 10.0. The first-order chi connectivity index (χ1) is 10.1. The molecule has 1 rings (SSSR count). The summed E-state index contributed by atoms with van der Waals surface area (Å²) in [5, 5.41) is 29.1. The molecule has 3 amide bonds. The second-order valence-electron chi connectivity index (χ2n) is 4.87. The maximum absolute atomic E-state index is 11.2. The minimum atomic E-state index is -1.79. The van der Waals surface area contributed by atoms with E-state index in [0.717, 1.165) is 0 Å². The third-order valence-corrected chi connectivity index (χ3v) is 3.09. The number of aliphatic hydroxyl groups is 3. The van der Waals surface area contributed by atoms with Gasteiger partial charge in [0.15, 0.2) is 12.4 Å². The molecule has 0 aromatic heterocycles. The summed E-state index contributed by atoms with van der Waals surface area (Å²) in [6.45, 7) is 0. The van der Waals surface area contributed by atoms with Crippen LogP contribution in [0.2, 0.25) is 0 Å². The topological polar surface area (TPSA) is 208 Å². The van der Waals surface area contributed by atoms with Gasteiger partial charge in [-0.3, -0.25) is 14.4 Å². The van der Waals surface area contributed by atoms with E-state index in [1.165, 1.54) is 0 Å². The van der Waals surface area contributed by atoms with Gasteiger partial charge in [-0.1, -0.05) is 0 Å². The molecule has 1 heterocycles. The summed E-state index contributed by atoms with van der Waals surface area (Å²) in [5.74, 6) is -3.00. The largest absolute Gasteiger partial charge is 0.390 e. The highest BCUT2D eigenvalue weighted by Gasteiger charge is 2.42. The van der Waals surface area contributed by atoms with Crippen molar-refractivity contribution in [1.82, 2.24) is 0 Å². The minimum Gasteiger partial charge on any atom is -0.390 e. The molecule has 4 unspecified atom stereocenters. The molecule has 0 spiro atoms. The van der Waals surface area contributed by atoms with Gasteiger partial charge in [-0.05, 0) is 0 Å². The van der Waals surface area contributed by atoms with Crippen LogP contribution >= 0.6 is 0 Å². The number of nitrogens with two attached hydrogens (primary N) is 3. The van der Waals surface area contributed by atoms with Gasteiger partial charge in [-0.15, -0.1) is 0 Å². The summed E-state index contributed by atoms with van der Waals surface area (Å²) in [6, 6.07) is 0. The number of hydrogen-bond donors (Lipinski definition) is 6. The SMILES string of the molecule is NC(=O)CC(O[C@H]1CC(O)C(O)[C@H](O)C(C(N)=O)O1)C(N)=O. The molecule has 126 valence electrons. The summed E-state index contributed by atoms with van der Waals surface area (Å²) in [6.07, 6.45) is -10.5. The zero-order valence-corrected chi connectivity index (χ0v) is 11.5. The van der Waals surface area contributed by atoms with E-state index in [9.17, 15) is 29.7 Å². The zero-order chi connectivity index (χ0) is 17.0. The molecule has 0 radical (unpaired) electrons. The van der Waals surface area contributed by atoms with Gasteiger partial charge < -0.3 is 42.0 Å². The summed E-state index contributed by atoms with van der Waals surface area (Å²) >= 11 is 0. The average Bonchev–Trinajstić information content (AvgIpc) is 2.49. The fourth-order valence-corrected chi connectivity index (χ4v) is 1.95. The van der Waals surface area contributed by atoms with Crippen LogP contribution < -0.4 is 17.2 Å². The molecule has 0 aliphatic carbocycles. The first-order valence-corrected chi connectivity index (χ1v) is 6.35. The summed E-state index contributed by atoms with van der Waals surface area (Å²) < 4.78 is 10.2. The molecule has 1 aliphatic rings. The van der Waals surface area contributed by atoms with Gasteiger partial charge in [0, 0.05) is 6.42 Å². The van der Waals surface area contributed by atoms with Crippen LogP contribution in [0.5, 0.6) is 0 Å². The monoisotopic (exact) mass is 321 g/mol. The van der Waals surface area contributed by atoms with Crippen molar-refractivity contribution >= 4 is 17.7 Å². The number of aliphatic hydroxyl groups excluding tert-OH is 3. The molecular weight excluding hydrogens is 302 g/mol. The molecule has 11 heteroatoms. The van der Waals surface area contributed by atoms with Gasteiger partial charge in [0.1, 0.15) is 18.3 Å². The van der Waals surface area contributed by atoms with Crippen LogP contribution in [0, 0.1) is 0 Å². The molecule has 9 N–H and O–H groups in total. The van der Waals surface area contributed by atoms with Crippen molar-refractivity contribution in [3.63, 3.8) is 0 Å². The Morgan fingerprint density at radius 3 is 2.18 bits per heavy atom. The molecular formula is C11H19N3O8. The van der Waals surface area contributed by atoms with E-state index in [4.69, 9.17) is 26.7 Å². The summed E-state index contributed by atoms with van der Waals surface area (Å²) in [5.41, 5.74) is 15.0. The van der Waals surface area contributed by atoms with Crippen LogP contribution in [0.25, 0.3) is 0 Å². The van der Waals surface area contributed by atoms with Crippen LogP contribution in [0.15, 0.2) is 0 Å². The van der Waals surface area contributed by atoms with E-state index in [2.05, 4.69) is 0 Å². The Balaban J connectivity index is 2.89. The van der Waals surface area contributed by atoms with Crippen molar-refractivity contribution in [3.05, 3.63) is 0 Å². The van der Waals surface area contributed by atoms with E-state index in [1.807, 2.05) is 0 Å². The van der Waals surface area contributed by atoms with Crippen molar-refractivity contribution < 1.29 is 39.2 Å². The summed E-state index contributed by atoms with van der Waals surface area (Å²) in [4.78, 5) is 33.3. The molecule has 11 nitrogen and oxygen atoms in total. The number of primary amides is 3. The normalized spacial score (nSPS) is 33.7. The van der Waals surface area contributed by atoms with E-state index in [-0.39, 0.29) is 0 Å². The highest BCUT2D eigenvalue weighted by atomic mass is 16.7. The van der Waals surface area contributed by atoms with Gasteiger partial charge in [0.05, 0.1) is 12.5 Å². The number of carbonyl (C=O) groups is 3. The van der Waals surface area contributed by atoms with Crippen molar-refractivity contribution in [3.8, 4) is 0 Å². The average molecular weight is 321 g/mol. The third-order valence-electron chi connectivity index (χ3n) is 3.09. The molecule has 6 atom stereocenters. The van der Waals surface area contributed by atoms with Gasteiger partial charge in [0.2, 0.25) is 17.7 Å². The Labute approximate surface area is 124 Å². The van der Waals surface area contributed by atoms with Crippen LogP contribution in [0.1, 0.15) is 12.8 Å². The molecule has 0 bridgehead atoms. The fraction of sp³-hybridized carbons (Fsp3) is 0.727. The second kappa shape index (κ2) is 7.47. The van der Waals surface area contributed by atoms with Crippen molar-refractivity contribution in [2.24, 2.45) is 17.2 Å². The van der Waals surface area contributed by atoms with E-state index >= 15 is 0 Å². The zero-order valence-electron chi connectivity index (χ0n) is 11.5. The lowest BCUT2D eigenvalue weighted by Gasteiger charge is -2.24. The van der Waals surface area contributed by atoms with Crippen molar-refractivity contribution in [2.75, 3.05) is 0 Å². The maximum Gasteiger partial charge on any atom is 0.249 e. The predicted molar refractivity (Wildman–Crippen MR) is 68.4 cm³/mol. The lowest BCUT2D eigenvalue weighted by molar-refractivity contribution is -0.209. The highest BCUT2D eigenvalue weighted by molar-refractivity contribution is 5.85. The van der Waals surface area contributed by atoms with Crippen LogP contribution in [0.4, 0.5) is 0 Å². The smallest absolute Gasteiger partial charge is 0.249 e. The second-order valence-corrected chi connectivity index (χ2v) is 4.87. The maximum atomic E-state index is 11.2. The Bertz CT molecular complexity index is 445. The third kappa shape index (κ3) is 4.61. The molecule has 0 aromatic carbocycles. The molecule has 1 fully saturated rings. The molecule has 1 aliphatic heterocycles. The number of ether oxygens (including phenoxy) is 2. The molecule has 0 saturated carbocycles. The van der Waals surface area contributed by atoms with Crippen LogP contribution in [-0.2, 0) is 23.9 Å². The van der Waals surface area contributed by atoms with Crippen molar-refractivity contribution in [1.29, 1.82) is 0 Å². The Morgan fingerprint density at radius 1 is 1.14 bits per heavy atom. The fourth-order valence-electron chi connectivity index (χ4n) is 1.95. The number of amides is 3. The van der Waals surface area contributed by atoms with Gasteiger partial charge in [-0.25, -0.2) is 0 Å². The van der Waals surface area contributed by atoms with Crippen LogP contribution in [0.3, 0.4) is 0 Å². The van der Waals surface area contributed by atoms with Crippen LogP contribution in [-0.4, -0.2) is 69.9 Å². The molecule has 1 saturated heterocycles. The summed E-state index contributed by atoms with van der Waals surface area (Å²) in [7, 11) is 0. The number of hydrogen-bond acceptors (Lipinski definition) is 8. The van der Waals surface area contributed by atoms with Gasteiger partial charge in [-0.2, -0.15) is 0 Å². The van der Waals surface area contributed by atoms with Crippen molar-refractivity contribution in [2.45, 2.75) is 49.7 Å². The minimum absolute atomic E-state index is 0.398. The Morgan fingerprint density at radius 2 is 1.73 bits per heavy atom. The number of rotatable bonds is 6. The van der Waals surface area contributed by atoms with Gasteiger partial charge >= 0.3 is 0 Å². The first-order valence-electron chi connectivity index (χ1n) is 6.35. The standard InChI is InChI=1S/C11H19N3O8/c12-5(16)2-4(10(13)19)21-6-1-3(15)7(17)8(18)9(22-6)11(14)20/h3-4,6-9,15,17-18H,1-2H2,(H2,12,16)(H2,13,19)(H2,14,20)/t3?,4?,6-,7?,8+,9?/m1/s1. The van der Waals surface area contributed by atoms with E-state index in [0.29, 0.717) is 0 Å². The number of carbonyl (C=O) groups excluding carboxylic acids is 3. The first kappa shape index (κ1) is 18.3. The molecule has 22 heavy (non-hydrogen) atoms.